The highest BCUT2D eigenvalue weighted by molar-refractivity contribution is 6.31. The maximum atomic E-state index is 12.0. The molecule has 0 bridgehead atoms. The predicted octanol–water partition coefficient (Wildman–Crippen LogP) is 13.8. The van der Waals surface area contributed by atoms with Crippen LogP contribution in [0.4, 0.5) is 5.69 Å². The lowest BCUT2D eigenvalue weighted by Crippen LogP contribution is -2.16. The third kappa shape index (κ3) is 15.9. The van der Waals surface area contributed by atoms with E-state index in [9.17, 15) is 29.7 Å². The molecule has 0 saturated carbocycles. The highest BCUT2D eigenvalue weighted by atomic mass is 35.5. The monoisotopic (exact) mass is 1190 g/mol. The minimum absolute atomic E-state index is 0.0890. The average molecular weight is 1190 g/mol. The maximum Gasteiger partial charge on any atom is 0.333 e. The number of esters is 2. The fraction of sp³-hybridized carbons (Fsp3) is 0.308. The molecular weight excluding hydrogens is 1120 g/mol. The molecule has 20 heteroatoms. The van der Waals surface area contributed by atoms with Crippen molar-refractivity contribution in [3.05, 3.63) is 171 Å². The van der Waals surface area contributed by atoms with Gasteiger partial charge in [-0.05, 0) is 134 Å². The molecule has 9 rings (SSSR count). The number of hydrogen-bond acceptors (Lipinski definition) is 14. The van der Waals surface area contributed by atoms with E-state index in [1.54, 1.807) is 75.4 Å². The molecule has 18 nitrogen and oxygen atoms in total. The number of aryl methyl sites for hydroxylation is 1. The number of rotatable bonds is 14. The fourth-order valence-corrected chi connectivity index (χ4v) is 8.99. The van der Waals surface area contributed by atoms with E-state index in [1.807, 2.05) is 105 Å². The molecule has 0 spiro atoms. The van der Waals surface area contributed by atoms with E-state index in [0.717, 1.165) is 33.3 Å². The Morgan fingerprint density at radius 2 is 0.847 bits per heavy atom. The molecule has 4 N–H and O–H groups in total. The number of carbonyl (C=O) groups is 3. The van der Waals surface area contributed by atoms with E-state index in [1.165, 1.54) is 14.4 Å². The van der Waals surface area contributed by atoms with Crippen molar-refractivity contribution in [3.63, 3.8) is 0 Å². The quantitative estimate of drug-likeness (QED) is 0.0343. The average Bonchev–Trinajstić information content (AvgIpc) is 3.17. The van der Waals surface area contributed by atoms with Gasteiger partial charge in [0.05, 0.1) is 13.2 Å². The molecule has 0 fully saturated rings. The van der Waals surface area contributed by atoms with E-state index in [-0.39, 0.29) is 52.0 Å². The number of nitrogens with zero attached hydrogens (tertiary/aromatic N) is 9. The molecule has 0 atom stereocenters. The van der Waals surface area contributed by atoms with Gasteiger partial charge in [-0.15, -0.1) is 45.0 Å². The molecule has 85 heavy (non-hydrogen) atoms. The summed E-state index contributed by atoms with van der Waals surface area (Å²) in [7, 11) is 0. The molecule has 444 valence electrons. The van der Waals surface area contributed by atoms with Crippen molar-refractivity contribution in [1.29, 1.82) is 0 Å². The number of phenolic OH excluding ortho intramolecular Hbond substituents is 3. The number of fused-ring (bicyclic) bond motifs is 3. The number of phenols is 3. The summed E-state index contributed by atoms with van der Waals surface area (Å²) < 4.78 is 10.4. The molecular formula is C65H72Cl2N10O8. The van der Waals surface area contributed by atoms with E-state index in [4.69, 9.17) is 32.7 Å². The van der Waals surface area contributed by atoms with Crippen LogP contribution < -0.4 is 5.32 Å². The van der Waals surface area contributed by atoms with Crippen molar-refractivity contribution >= 4 is 79.8 Å². The van der Waals surface area contributed by atoms with Crippen molar-refractivity contribution in [2.24, 2.45) is 0 Å². The number of ether oxygens (including phenoxy) is 2. The van der Waals surface area contributed by atoms with Gasteiger partial charge in [-0.3, -0.25) is 4.79 Å². The molecule has 9 aromatic rings. The van der Waals surface area contributed by atoms with Gasteiger partial charge in [-0.2, -0.15) is 0 Å². The van der Waals surface area contributed by atoms with Crippen LogP contribution in [-0.2, 0) is 52.9 Å². The van der Waals surface area contributed by atoms with Crippen molar-refractivity contribution in [2.45, 2.75) is 119 Å². The third-order valence-corrected chi connectivity index (χ3v) is 13.7. The Morgan fingerprint density at radius 1 is 0.482 bits per heavy atom. The summed E-state index contributed by atoms with van der Waals surface area (Å²) in [5.41, 5.74) is 10.4. The Kier molecular flexibility index (Phi) is 19.5. The summed E-state index contributed by atoms with van der Waals surface area (Å²) >= 11 is 12.1. The number of benzene rings is 6. The van der Waals surface area contributed by atoms with Gasteiger partial charge < -0.3 is 30.1 Å². The van der Waals surface area contributed by atoms with Gasteiger partial charge in [0.2, 0.25) is 0 Å². The lowest BCUT2D eigenvalue weighted by Gasteiger charge is -2.23. The smallest absolute Gasteiger partial charge is 0.333 e. The van der Waals surface area contributed by atoms with Crippen LogP contribution in [0.2, 0.25) is 10.0 Å². The van der Waals surface area contributed by atoms with Gasteiger partial charge in [0.1, 0.15) is 67.4 Å². The van der Waals surface area contributed by atoms with Gasteiger partial charge in [0, 0.05) is 55.6 Å². The summed E-state index contributed by atoms with van der Waals surface area (Å²) in [6, 6.07) is 29.0. The first-order valence-electron chi connectivity index (χ1n) is 27.4. The lowest BCUT2D eigenvalue weighted by atomic mass is 9.84. The van der Waals surface area contributed by atoms with E-state index in [0.29, 0.717) is 103 Å². The molecule has 3 aromatic heterocycles. The van der Waals surface area contributed by atoms with Gasteiger partial charge in [0.25, 0.3) is 5.91 Å². The number of nitrogens with one attached hydrogen (secondary N) is 1. The normalized spacial score (nSPS) is 11.6. The fourth-order valence-electron chi connectivity index (χ4n) is 8.65. The first-order valence-corrected chi connectivity index (χ1v) is 28.2. The van der Waals surface area contributed by atoms with Gasteiger partial charge in [-0.25, -0.2) is 9.59 Å². The largest absolute Gasteiger partial charge is 0.505 e. The van der Waals surface area contributed by atoms with Gasteiger partial charge >= 0.3 is 11.9 Å². The van der Waals surface area contributed by atoms with Gasteiger partial charge in [0.15, 0.2) is 0 Å². The van der Waals surface area contributed by atoms with Crippen molar-refractivity contribution in [1.82, 2.24) is 45.0 Å². The molecule has 0 aliphatic rings. The second kappa shape index (κ2) is 26.0. The second-order valence-corrected chi connectivity index (χ2v) is 24.7. The topological polar surface area (TPSA) is 235 Å². The van der Waals surface area contributed by atoms with E-state index in [2.05, 4.69) is 55.6 Å². The Labute approximate surface area is 504 Å². The summed E-state index contributed by atoms with van der Waals surface area (Å²) in [5.74, 6) is -0.732. The van der Waals surface area contributed by atoms with Crippen LogP contribution in [0.1, 0.15) is 117 Å². The number of hydrogen-bond donors (Lipinski definition) is 4. The molecule has 3 heterocycles. The lowest BCUT2D eigenvalue weighted by molar-refractivity contribution is -0.139. The summed E-state index contributed by atoms with van der Waals surface area (Å²) in [6.45, 7) is 34.3. The number of aromatic hydroxyl groups is 3. The Balaban J connectivity index is 0.000000183. The summed E-state index contributed by atoms with van der Waals surface area (Å²) in [4.78, 5) is 39.5. The third-order valence-electron chi connectivity index (χ3n) is 13.2. The van der Waals surface area contributed by atoms with Crippen LogP contribution in [0.3, 0.4) is 0 Å². The Hall–Kier alpha value is -8.87. The number of carbonyl (C=O) groups excluding carboxylic acids is 3. The zero-order valence-electron chi connectivity index (χ0n) is 50.1. The Bertz CT molecular complexity index is 4010. The number of aromatic nitrogens is 9. The molecule has 1 amide bonds. The molecule has 0 unspecified atom stereocenters. The molecule has 0 aliphatic carbocycles. The van der Waals surface area contributed by atoms with Crippen LogP contribution in [0, 0.1) is 0 Å². The van der Waals surface area contributed by atoms with E-state index >= 15 is 0 Å². The van der Waals surface area contributed by atoms with Crippen LogP contribution in [0.5, 0.6) is 17.2 Å². The van der Waals surface area contributed by atoms with Crippen LogP contribution in [0.15, 0.2) is 134 Å². The first-order chi connectivity index (χ1) is 39.8. The van der Waals surface area contributed by atoms with Crippen LogP contribution in [0.25, 0.3) is 50.2 Å². The standard InChI is InChI=1S/C23H26ClN3O3.C22H24ClN3O3.C20H22N4O2/c1-14(2)22(29)30-10-6-7-15-11-17(23(3,4)5)21(28)20(12-15)27-25-18-9-8-16(24)13-19(18)26-27;1-13(2)21(28)29-9-8-14-10-16(22(3,4)5)20(27)19(11-14)26-24-17-7-6-15(23)12-18(17)25-26;1-12(2)19(26)21-13-10-14(20(3,4)5)18(25)17(11-13)24-22-15-8-6-7-9-16(15)23-24/h8-9,11-13,28H,1,6-7,10H2,2-5H3;6-7,10-12,27H,1,8-9H2,2-5H3;6-11,25H,1H2,2-5H3,(H,21,26). The minimum atomic E-state index is -0.420. The summed E-state index contributed by atoms with van der Waals surface area (Å²) in [5, 5.41) is 63.5. The second-order valence-electron chi connectivity index (χ2n) is 23.8. The highest BCUT2D eigenvalue weighted by Crippen LogP contribution is 2.40. The first kappa shape index (κ1) is 63.7. The van der Waals surface area contributed by atoms with Crippen LogP contribution in [-0.4, -0.2) is 91.4 Å². The van der Waals surface area contributed by atoms with Crippen LogP contribution >= 0.6 is 23.2 Å². The predicted molar refractivity (Wildman–Crippen MR) is 335 cm³/mol. The number of amides is 1. The SMILES string of the molecule is C=C(C)C(=O)Nc1cc(-n2nc3ccccc3n2)c(O)c(C(C)(C)C)c1.C=C(C)C(=O)OCCCc1cc(-n2nc3ccc(Cl)cc3n2)c(O)c(C(C)(C)C)c1.C=C(C)C(=O)OCCc1cc(-n2nc3ccc(Cl)cc3n2)c(O)c(C(C)(C)C)c1. The highest BCUT2D eigenvalue weighted by Gasteiger charge is 2.27. The van der Waals surface area contributed by atoms with Crippen molar-refractivity contribution in [3.8, 4) is 34.3 Å². The molecule has 0 aliphatic heterocycles. The number of halogens is 2. The maximum absolute atomic E-state index is 12.0. The minimum Gasteiger partial charge on any atom is -0.505 e. The zero-order valence-corrected chi connectivity index (χ0v) is 51.6. The van der Waals surface area contributed by atoms with Crippen molar-refractivity contribution in [2.75, 3.05) is 18.5 Å². The molecule has 0 saturated heterocycles. The molecule has 6 aromatic carbocycles. The zero-order chi connectivity index (χ0) is 62.5. The number of anilines is 1. The van der Waals surface area contributed by atoms with Gasteiger partial charge in [-0.1, -0.05) is 130 Å². The summed E-state index contributed by atoms with van der Waals surface area (Å²) in [6.07, 6.45) is 1.81. The Morgan fingerprint density at radius 3 is 1.25 bits per heavy atom. The van der Waals surface area contributed by atoms with Crippen molar-refractivity contribution < 1.29 is 39.2 Å². The van der Waals surface area contributed by atoms with E-state index < -0.39 is 5.97 Å². The molecule has 0 radical (unpaired) electrons.